The molecule has 5 rings (SSSR count). The van der Waals surface area contributed by atoms with Gasteiger partial charge in [0.05, 0.1) is 29.4 Å². The molecule has 36 heavy (non-hydrogen) atoms. The van der Waals surface area contributed by atoms with Crippen LogP contribution in [0.5, 0.6) is 5.88 Å². The number of nitrogens with two attached hydrogens (primary N) is 1. The van der Waals surface area contributed by atoms with Crippen LogP contribution in [0, 0.1) is 5.82 Å². The molecule has 4 N–H and O–H groups in total. The molecule has 0 fully saturated rings. The van der Waals surface area contributed by atoms with Gasteiger partial charge in [-0.05, 0) is 30.2 Å². The lowest BCUT2D eigenvalue weighted by molar-refractivity contribution is -0.113. The van der Waals surface area contributed by atoms with Crippen molar-refractivity contribution < 1.29 is 13.9 Å². The van der Waals surface area contributed by atoms with Gasteiger partial charge in [-0.2, -0.15) is 0 Å². The highest BCUT2D eigenvalue weighted by Gasteiger charge is 2.18. The van der Waals surface area contributed by atoms with Crippen LogP contribution in [0.4, 0.5) is 10.2 Å². The summed E-state index contributed by atoms with van der Waals surface area (Å²) < 4.78 is 20.3. The lowest BCUT2D eigenvalue weighted by Gasteiger charge is -2.15. The SMILES string of the molecule is NCCOc1ccc2ncc(F)c(-c3ccc(CCNCc4cnc5c(n4)NC(=O)CS5)cc3)c2n1. The fourth-order valence-corrected chi connectivity index (χ4v) is 4.52. The van der Waals surface area contributed by atoms with E-state index in [2.05, 4.69) is 30.6 Å². The number of carbonyl (C=O) groups excluding carboxylic acids is 1. The third kappa shape index (κ3) is 5.43. The Morgan fingerprint density at radius 3 is 2.81 bits per heavy atom. The number of amides is 1. The van der Waals surface area contributed by atoms with E-state index in [1.165, 1.54) is 18.0 Å². The molecule has 4 aromatic rings. The molecule has 4 heterocycles. The Labute approximate surface area is 211 Å². The van der Waals surface area contributed by atoms with E-state index in [1.807, 2.05) is 24.3 Å². The smallest absolute Gasteiger partial charge is 0.236 e. The molecule has 11 heteroatoms. The Morgan fingerprint density at radius 1 is 1.11 bits per heavy atom. The number of benzene rings is 1. The largest absolute Gasteiger partial charge is 0.476 e. The number of carbonyl (C=O) groups is 1. The molecule has 0 aliphatic carbocycles. The maximum atomic E-state index is 14.8. The number of hydrogen-bond donors (Lipinski definition) is 3. The molecule has 0 radical (unpaired) electrons. The van der Waals surface area contributed by atoms with Crippen LogP contribution >= 0.6 is 11.8 Å². The zero-order chi connectivity index (χ0) is 24.9. The minimum Gasteiger partial charge on any atom is -0.476 e. The van der Waals surface area contributed by atoms with Crippen molar-refractivity contribution in [3.05, 3.63) is 65.9 Å². The van der Waals surface area contributed by atoms with Crippen LogP contribution in [0.2, 0.25) is 0 Å². The number of nitrogens with zero attached hydrogens (tertiary/aromatic N) is 4. The third-order valence-corrected chi connectivity index (χ3v) is 6.51. The molecule has 0 unspecified atom stereocenters. The van der Waals surface area contributed by atoms with Gasteiger partial charge in [0.2, 0.25) is 11.8 Å². The summed E-state index contributed by atoms with van der Waals surface area (Å²) in [6.45, 7) is 1.94. The molecule has 1 aliphatic rings. The van der Waals surface area contributed by atoms with Gasteiger partial charge in [0.25, 0.3) is 0 Å². The standard InChI is InChI=1S/C25H24FN7O2S/c26-18-13-29-19-5-6-21(35-10-8-27)33-23(19)22(18)16-3-1-15(2-4-16)7-9-28-11-17-12-30-25-24(31-17)32-20(34)14-36-25/h1-6,12-13,28H,7-11,14,27H2,(H,31,32,34). The summed E-state index contributed by atoms with van der Waals surface area (Å²) in [5.74, 6) is 0.763. The van der Waals surface area contributed by atoms with E-state index in [-0.39, 0.29) is 5.91 Å². The van der Waals surface area contributed by atoms with Crippen molar-refractivity contribution in [2.24, 2.45) is 5.73 Å². The van der Waals surface area contributed by atoms with Gasteiger partial charge in [0, 0.05) is 24.7 Å². The topological polar surface area (TPSA) is 128 Å². The van der Waals surface area contributed by atoms with Crippen LogP contribution in [0.25, 0.3) is 22.2 Å². The second-order valence-corrected chi connectivity index (χ2v) is 9.08. The van der Waals surface area contributed by atoms with Gasteiger partial charge in [-0.15, -0.1) is 0 Å². The Kier molecular flexibility index (Phi) is 7.31. The number of pyridine rings is 2. The zero-order valence-corrected chi connectivity index (χ0v) is 20.1. The van der Waals surface area contributed by atoms with Gasteiger partial charge in [-0.25, -0.2) is 19.3 Å². The normalized spacial score (nSPS) is 12.9. The molecule has 0 saturated carbocycles. The number of hydrogen-bond acceptors (Lipinski definition) is 9. The molecule has 3 aromatic heterocycles. The number of aromatic nitrogens is 4. The number of rotatable bonds is 9. The van der Waals surface area contributed by atoms with Crippen LogP contribution in [-0.4, -0.2) is 51.3 Å². The molecule has 0 atom stereocenters. The summed E-state index contributed by atoms with van der Waals surface area (Å²) in [4.78, 5) is 29.0. The Bertz CT molecular complexity index is 1400. The summed E-state index contributed by atoms with van der Waals surface area (Å²) in [5, 5.41) is 6.84. The lowest BCUT2D eigenvalue weighted by atomic mass is 10.0. The highest BCUT2D eigenvalue weighted by atomic mass is 32.2. The summed E-state index contributed by atoms with van der Waals surface area (Å²) in [5.41, 5.74) is 9.49. The average molecular weight is 506 g/mol. The van der Waals surface area contributed by atoms with E-state index in [0.29, 0.717) is 59.3 Å². The predicted octanol–water partition coefficient (Wildman–Crippen LogP) is 2.94. The summed E-state index contributed by atoms with van der Waals surface area (Å²) in [6.07, 6.45) is 3.71. The molecule has 0 bridgehead atoms. The maximum absolute atomic E-state index is 14.8. The highest BCUT2D eigenvalue weighted by Crippen LogP contribution is 2.31. The first kappa shape index (κ1) is 24.0. The molecule has 184 valence electrons. The summed E-state index contributed by atoms with van der Waals surface area (Å²) >= 11 is 1.39. The molecule has 1 amide bonds. The predicted molar refractivity (Wildman–Crippen MR) is 136 cm³/mol. The van der Waals surface area contributed by atoms with Crippen LogP contribution < -0.4 is 21.1 Å². The number of anilines is 1. The first-order valence-corrected chi connectivity index (χ1v) is 12.5. The number of halogens is 1. The molecular formula is C25H24FN7O2S. The van der Waals surface area contributed by atoms with Crippen LogP contribution in [0.15, 0.2) is 53.8 Å². The second-order valence-electron chi connectivity index (χ2n) is 8.11. The summed E-state index contributed by atoms with van der Waals surface area (Å²) in [7, 11) is 0. The summed E-state index contributed by atoms with van der Waals surface area (Å²) in [6, 6.07) is 11.2. The van der Waals surface area contributed by atoms with E-state index in [4.69, 9.17) is 10.5 Å². The molecule has 1 aromatic carbocycles. The Balaban J connectivity index is 1.23. The molecule has 9 nitrogen and oxygen atoms in total. The van der Waals surface area contributed by atoms with Crippen molar-refractivity contribution in [2.45, 2.75) is 18.0 Å². The first-order valence-electron chi connectivity index (χ1n) is 11.5. The van der Waals surface area contributed by atoms with Gasteiger partial charge in [0.1, 0.15) is 17.1 Å². The molecule has 0 saturated heterocycles. The van der Waals surface area contributed by atoms with Gasteiger partial charge in [-0.1, -0.05) is 36.0 Å². The van der Waals surface area contributed by atoms with Crippen molar-refractivity contribution >= 4 is 34.5 Å². The van der Waals surface area contributed by atoms with Gasteiger partial charge in [0.15, 0.2) is 11.6 Å². The fraction of sp³-hybridized carbons (Fsp3) is 0.240. The number of ether oxygens (including phenoxy) is 1. The van der Waals surface area contributed by atoms with Crippen molar-refractivity contribution in [3.63, 3.8) is 0 Å². The van der Waals surface area contributed by atoms with Crippen molar-refractivity contribution in [3.8, 4) is 17.0 Å². The number of thioether (sulfide) groups is 1. The van der Waals surface area contributed by atoms with Crippen molar-refractivity contribution in [1.82, 2.24) is 25.3 Å². The minimum absolute atomic E-state index is 0.0637. The third-order valence-electron chi connectivity index (χ3n) is 5.53. The van der Waals surface area contributed by atoms with Crippen LogP contribution in [-0.2, 0) is 17.8 Å². The monoisotopic (exact) mass is 505 g/mol. The van der Waals surface area contributed by atoms with E-state index in [0.717, 1.165) is 29.2 Å². The molecular weight excluding hydrogens is 481 g/mol. The van der Waals surface area contributed by atoms with E-state index >= 15 is 0 Å². The minimum atomic E-state index is -0.443. The van der Waals surface area contributed by atoms with Crippen LogP contribution in [0.3, 0.4) is 0 Å². The van der Waals surface area contributed by atoms with E-state index in [1.54, 1.807) is 18.3 Å². The van der Waals surface area contributed by atoms with Gasteiger partial charge >= 0.3 is 0 Å². The number of nitrogens with one attached hydrogen (secondary N) is 2. The first-order chi connectivity index (χ1) is 17.6. The van der Waals surface area contributed by atoms with Gasteiger partial charge < -0.3 is 21.1 Å². The Hall–Kier alpha value is -3.67. The maximum Gasteiger partial charge on any atom is 0.236 e. The zero-order valence-electron chi connectivity index (χ0n) is 19.3. The number of fused-ring (bicyclic) bond motifs is 2. The van der Waals surface area contributed by atoms with Crippen molar-refractivity contribution in [1.29, 1.82) is 0 Å². The quantitative estimate of drug-likeness (QED) is 0.294. The molecule has 0 spiro atoms. The van der Waals surface area contributed by atoms with E-state index < -0.39 is 5.82 Å². The highest BCUT2D eigenvalue weighted by molar-refractivity contribution is 8.00. The van der Waals surface area contributed by atoms with Gasteiger partial charge in [-0.3, -0.25) is 9.78 Å². The fourth-order valence-electron chi connectivity index (χ4n) is 3.82. The Morgan fingerprint density at radius 2 is 1.97 bits per heavy atom. The average Bonchev–Trinajstić information content (AvgIpc) is 2.90. The van der Waals surface area contributed by atoms with E-state index in [9.17, 15) is 9.18 Å². The van der Waals surface area contributed by atoms with Crippen LogP contribution in [0.1, 0.15) is 11.3 Å². The lowest BCUT2D eigenvalue weighted by Crippen LogP contribution is -2.22. The molecule has 1 aliphatic heterocycles. The second kappa shape index (κ2) is 10.9. The van der Waals surface area contributed by atoms with Crippen molar-refractivity contribution in [2.75, 3.05) is 30.8 Å².